The van der Waals surface area contributed by atoms with Gasteiger partial charge in [0.25, 0.3) is 0 Å². The van der Waals surface area contributed by atoms with Gasteiger partial charge in [0.05, 0.1) is 5.01 Å². The fourth-order valence-electron chi connectivity index (χ4n) is 1.49. The summed E-state index contributed by atoms with van der Waals surface area (Å²) in [7, 11) is -0.738. The molecule has 1 aromatic heterocycles. The predicted molar refractivity (Wildman–Crippen MR) is 66.8 cm³/mol. The maximum absolute atomic E-state index is 11.0. The van der Waals surface area contributed by atoms with Gasteiger partial charge >= 0.3 is 0 Å². The molecule has 0 bridgehead atoms. The van der Waals surface area contributed by atoms with Crippen LogP contribution < -0.4 is 5.32 Å². The monoisotopic (exact) mass is 246 g/mol. The second-order valence-electron chi connectivity index (χ2n) is 3.81. The lowest BCUT2D eigenvalue weighted by Crippen LogP contribution is -2.32. The SMILES string of the molecule is Cc1ncc(C(C)NC(C)CS(C)=O)s1. The minimum absolute atomic E-state index is 0.272. The van der Waals surface area contributed by atoms with Crippen molar-refractivity contribution in [2.24, 2.45) is 0 Å². The topological polar surface area (TPSA) is 42.0 Å². The zero-order chi connectivity index (χ0) is 11.4. The van der Waals surface area contributed by atoms with Gasteiger partial charge in [0.2, 0.25) is 0 Å². The number of nitrogens with one attached hydrogen (secondary N) is 1. The van der Waals surface area contributed by atoms with E-state index in [1.54, 1.807) is 17.6 Å². The normalized spacial score (nSPS) is 17.3. The lowest BCUT2D eigenvalue weighted by molar-refractivity contribution is 0.513. The van der Waals surface area contributed by atoms with Crippen LogP contribution in [0.3, 0.4) is 0 Å². The summed E-state index contributed by atoms with van der Waals surface area (Å²) in [5.74, 6) is 0.697. The molecule has 0 saturated heterocycles. The molecule has 0 aliphatic heterocycles. The highest BCUT2D eigenvalue weighted by atomic mass is 32.2. The smallest absolute Gasteiger partial charge is 0.0897 e. The number of aryl methyl sites for hydroxylation is 1. The van der Waals surface area contributed by atoms with Gasteiger partial charge in [0.15, 0.2) is 0 Å². The first-order chi connectivity index (χ1) is 6.99. The Morgan fingerprint density at radius 2 is 2.27 bits per heavy atom. The van der Waals surface area contributed by atoms with Crippen molar-refractivity contribution in [3.05, 3.63) is 16.1 Å². The molecule has 86 valence electrons. The van der Waals surface area contributed by atoms with E-state index in [-0.39, 0.29) is 12.1 Å². The van der Waals surface area contributed by atoms with E-state index in [0.717, 1.165) is 5.01 Å². The quantitative estimate of drug-likeness (QED) is 0.862. The first kappa shape index (κ1) is 12.8. The summed E-state index contributed by atoms with van der Waals surface area (Å²) >= 11 is 1.71. The van der Waals surface area contributed by atoms with Crippen LogP contribution in [0.25, 0.3) is 0 Å². The van der Waals surface area contributed by atoms with Crippen LogP contribution >= 0.6 is 11.3 Å². The Morgan fingerprint density at radius 1 is 1.60 bits per heavy atom. The van der Waals surface area contributed by atoms with Gasteiger partial charge in [-0.1, -0.05) is 0 Å². The van der Waals surface area contributed by atoms with Gasteiger partial charge in [-0.2, -0.15) is 0 Å². The number of hydrogen-bond donors (Lipinski definition) is 1. The fourth-order valence-corrected chi connectivity index (χ4v) is 3.08. The minimum atomic E-state index is -0.738. The Kier molecular flexibility index (Phi) is 4.89. The van der Waals surface area contributed by atoms with E-state index in [0.29, 0.717) is 5.75 Å². The molecule has 3 unspecified atom stereocenters. The first-order valence-corrected chi connectivity index (χ1v) is 7.51. The van der Waals surface area contributed by atoms with Crippen LogP contribution in [0.1, 0.15) is 29.8 Å². The molecule has 0 aliphatic rings. The third-order valence-corrected chi connectivity index (χ3v) is 4.15. The summed E-state index contributed by atoms with van der Waals surface area (Å²) < 4.78 is 11.0. The minimum Gasteiger partial charge on any atom is -0.306 e. The Morgan fingerprint density at radius 3 is 2.73 bits per heavy atom. The molecular weight excluding hydrogens is 228 g/mol. The first-order valence-electron chi connectivity index (χ1n) is 4.97. The predicted octanol–water partition coefficient (Wildman–Crippen LogP) is 1.87. The standard InChI is InChI=1S/C10H18N2OS2/c1-7(6-15(4)13)12-8(2)10-5-11-9(3)14-10/h5,7-8,12H,6H2,1-4H3. The van der Waals surface area contributed by atoms with Crippen molar-refractivity contribution < 1.29 is 4.21 Å². The number of aromatic nitrogens is 1. The van der Waals surface area contributed by atoms with Crippen molar-refractivity contribution in [1.29, 1.82) is 0 Å². The second kappa shape index (κ2) is 5.72. The maximum Gasteiger partial charge on any atom is 0.0897 e. The molecule has 0 spiro atoms. The third kappa shape index (κ3) is 4.40. The summed E-state index contributed by atoms with van der Waals surface area (Å²) in [6.45, 7) is 6.18. The van der Waals surface area contributed by atoms with Crippen molar-refractivity contribution in [2.45, 2.75) is 32.9 Å². The van der Waals surface area contributed by atoms with Crippen LogP contribution in [-0.4, -0.2) is 27.2 Å². The van der Waals surface area contributed by atoms with Gasteiger partial charge < -0.3 is 5.32 Å². The van der Waals surface area contributed by atoms with Crippen LogP contribution in [-0.2, 0) is 10.8 Å². The molecular formula is C10H18N2OS2. The summed E-state index contributed by atoms with van der Waals surface area (Å²) in [6, 6.07) is 0.558. The molecule has 0 aliphatic carbocycles. The number of rotatable bonds is 5. The molecule has 0 radical (unpaired) electrons. The van der Waals surface area contributed by atoms with Crippen molar-refractivity contribution >= 4 is 22.1 Å². The molecule has 0 fully saturated rings. The van der Waals surface area contributed by atoms with Crippen LogP contribution in [0.2, 0.25) is 0 Å². The molecule has 1 rings (SSSR count). The number of hydrogen-bond acceptors (Lipinski definition) is 4. The summed E-state index contributed by atoms with van der Waals surface area (Å²) in [4.78, 5) is 5.46. The second-order valence-corrected chi connectivity index (χ2v) is 6.56. The molecule has 1 N–H and O–H groups in total. The Balaban J connectivity index is 2.48. The van der Waals surface area contributed by atoms with Crippen LogP contribution in [0.5, 0.6) is 0 Å². The molecule has 0 saturated carbocycles. The van der Waals surface area contributed by atoms with E-state index in [4.69, 9.17) is 0 Å². The highest BCUT2D eigenvalue weighted by Crippen LogP contribution is 2.20. The van der Waals surface area contributed by atoms with Gasteiger partial charge in [0.1, 0.15) is 0 Å². The Labute approximate surface area is 97.8 Å². The Hall–Kier alpha value is -0.260. The molecule has 3 atom stereocenters. The molecule has 3 nitrogen and oxygen atoms in total. The zero-order valence-electron chi connectivity index (χ0n) is 9.61. The highest BCUT2D eigenvalue weighted by Gasteiger charge is 2.12. The lowest BCUT2D eigenvalue weighted by atomic mass is 10.2. The summed E-state index contributed by atoms with van der Waals surface area (Å²) in [5, 5.41) is 4.51. The van der Waals surface area contributed by atoms with Gasteiger partial charge in [0, 0.05) is 46.0 Å². The average Bonchev–Trinajstić information content (AvgIpc) is 2.49. The molecule has 0 amide bonds. The lowest BCUT2D eigenvalue weighted by Gasteiger charge is -2.17. The van der Waals surface area contributed by atoms with E-state index in [1.165, 1.54) is 4.88 Å². The van der Waals surface area contributed by atoms with Crippen molar-refractivity contribution in [1.82, 2.24) is 10.3 Å². The van der Waals surface area contributed by atoms with Gasteiger partial charge in [-0.3, -0.25) is 4.21 Å². The molecule has 0 aromatic carbocycles. The van der Waals surface area contributed by atoms with Crippen LogP contribution in [0.4, 0.5) is 0 Å². The van der Waals surface area contributed by atoms with Gasteiger partial charge in [-0.15, -0.1) is 11.3 Å². The average molecular weight is 246 g/mol. The fraction of sp³-hybridized carbons (Fsp3) is 0.700. The summed E-state index contributed by atoms with van der Waals surface area (Å²) in [5.41, 5.74) is 0. The molecule has 5 heteroatoms. The van der Waals surface area contributed by atoms with E-state index in [2.05, 4.69) is 24.1 Å². The Bertz CT molecular complexity index is 338. The van der Waals surface area contributed by atoms with Gasteiger partial charge in [-0.05, 0) is 20.8 Å². The zero-order valence-corrected chi connectivity index (χ0v) is 11.2. The van der Waals surface area contributed by atoms with Crippen LogP contribution in [0.15, 0.2) is 6.20 Å². The summed E-state index contributed by atoms with van der Waals surface area (Å²) in [6.07, 6.45) is 3.65. The van der Waals surface area contributed by atoms with E-state index in [1.807, 2.05) is 13.1 Å². The number of thiazole rings is 1. The third-order valence-electron chi connectivity index (χ3n) is 2.09. The highest BCUT2D eigenvalue weighted by molar-refractivity contribution is 7.84. The van der Waals surface area contributed by atoms with Crippen LogP contribution in [0, 0.1) is 6.92 Å². The van der Waals surface area contributed by atoms with Gasteiger partial charge in [-0.25, -0.2) is 4.98 Å². The number of nitrogens with zero attached hydrogens (tertiary/aromatic N) is 1. The van der Waals surface area contributed by atoms with E-state index in [9.17, 15) is 4.21 Å². The maximum atomic E-state index is 11.0. The largest absolute Gasteiger partial charge is 0.306 e. The molecule has 15 heavy (non-hydrogen) atoms. The molecule has 1 aromatic rings. The van der Waals surface area contributed by atoms with E-state index >= 15 is 0 Å². The van der Waals surface area contributed by atoms with E-state index < -0.39 is 10.8 Å². The van der Waals surface area contributed by atoms with Crippen molar-refractivity contribution in [3.8, 4) is 0 Å². The van der Waals surface area contributed by atoms with Crippen molar-refractivity contribution in [3.63, 3.8) is 0 Å². The van der Waals surface area contributed by atoms with Crippen molar-refractivity contribution in [2.75, 3.05) is 12.0 Å². The molecule has 1 heterocycles.